The number of benzene rings is 1. The summed E-state index contributed by atoms with van der Waals surface area (Å²) >= 11 is 2.28. The molecule has 0 aliphatic rings. The monoisotopic (exact) mass is 329 g/mol. The van der Waals surface area contributed by atoms with Gasteiger partial charge in [0.05, 0.1) is 7.05 Å². The van der Waals surface area contributed by atoms with Crippen molar-refractivity contribution >= 4 is 22.6 Å². The van der Waals surface area contributed by atoms with E-state index >= 15 is 0 Å². The molecule has 2 N–H and O–H groups in total. The van der Waals surface area contributed by atoms with Crippen molar-refractivity contribution < 1.29 is 0 Å². The van der Waals surface area contributed by atoms with Gasteiger partial charge in [0, 0.05) is 16.0 Å². The van der Waals surface area contributed by atoms with Gasteiger partial charge in [-0.2, -0.15) is 4.80 Å². The lowest BCUT2D eigenvalue weighted by molar-refractivity contribution is 0.622. The van der Waals surface area contributed by atoms with E-state index in [2.05, 4.69) is 38.0 Å². The normalized spacial score (nSPS) is 12.7. The van der Waals surface area contributed by atoms with Crippen LogP contribution in [0.25, 0.3) is 0 Å². The van der Waals surface area contributed by atoms with E-state index in [9.17, 15) is 0 Å². The maximum absolute atomic E-state index is 6.12. The molecule has 0 fully saturated rings. The molecule has 0 spiro atoms. The van der Waals surface area contributed by atoms with E-state index in [-0.39, 0.29) is 6.04 Å². The van der Waals surface area contributed by atoms with E-state index in [1.165, 1.54) is 4.80 Å². The maximum atomic E-state index is 6.12. The predicted molar refractivity (Wildman–Crippen MR) is 68.6 cm³/mol. The summed E-state index contributed by atoms with van der Waals surface area (Å²) in [5.41, 5.74) is 7.24. The number of aromatic nitrogens is 4. The first-order chi connectivity index (χ1) is 7.66. The molecule has 0 aliphatic carbocycles. The van der Waals surface area contributed by atoms with Crippen LogP contribution in [-0.4, -0.2) is 20.2 Å². The summed E-state index contributed by atoms with van der Waals surface area (Å²) in [5.74, 6) is 0.676. The SMILES string of the molecule is Cn1nnc(CC(N)c2ccccc2I)n1. The standard InChI is InChI=1S/C10H12IN5/c1-16-14-10(13-15-16)6-9(12)7-4-2-3-5-8(7)11/h2-5,9H,6,12H2,1H3. The Labute approximate surface area is 107 Å². The summed E-state index contributed by atoms with van der Waals surface area (Å²) in [4.78, 5) is 1.44. The van der Waals surface area contributed by atoms with Crippen molar-refractivity contribution in [3.8, 4) is 0 Å². The molecular formula is C10H12IN5. The van der Waals surface area contributed by atoms with E-state index < -0.39 is 0 Å². The Kier molecular flexibility index (Phi) is 3.49. The van der Waals surface area contributed by atoms with Gasteiger partial charge in [0.15, 0.2) is 5.82 Å². The van der Waals surface area contributed by atoms with Crippen molar-refractivity contribution in [3.63, 3.8) is 0 Å². The Hall–Kier alpha value is -1.02. The van der Waals surface area contributed by atoms with Gasteiger partial charge >= 0.3 is 0 Å². The van der Waals surface area contributed by atoms with Crippen LogP contribution in [0.2, 0.25) is 0 Å². The molecule has 1 heterocycles. The molecule has 84 valence electrons. The quantitative estimate of drug-likeness (QED) is 0.855. The fraction of sp³-hybridized carbons (Fsp3) is 0.300. The molecule has 1 unspecified atom stereocenters. The number of rotatable bonds is 3. The summed E-state index contributed by atoms with van der Waals surface area (Å²) in [6.45, 7) is 0. The predicted octanol–water partition coefficient (Wildman–Crippen LogP) is 1.06. The highest BCUT2D eigenvalue weighted by Gasteiger charge is 2.12. The van der Waals surface area contributed by atoms with Crippen LogP contribution in [0.3, 0.4) is 0 Å². The Balaban J connectivity index is 2.14. The zero-order valence-corrected chi connectivity index (χ0v) is 11.0. The molecule has 6 heteroatoms. The molecule has 1 aromatic heterocycles. The van der Waals surface area contributed by atoms with Gasteiger partial charge in [-0.25, -0.2) is 0 Å². The van der Waals surface area contributed by atoms with Crippen LogP contribution in [0.4, 0.5) is 0 Å². The zero-order valence-electron chi connectivity index (χ0n) is 8.84. The fourth-order valence-electron chi connectivity index (χ4n) is 1.49. The summed E-state index contributed by atoms with van der Waals surface area (Å²) in [5, 5.41) is 11.8. The first-order valence-electron chi connectivity index (χ1n) is 4.89. The molecule has 0 saturated heterocycles. The minimum Gasteiger partial charge on any atom is -0.324 e. The summed E-state index contributed by atoms with van der Waals surface area (Å²) in [6, 6.07) is 7.97. The van der Waals surface area contributed by atoms with Crippen molar-refractivity contribution in [2.45, 2.75) is 12.5 Å². The smallest absolute Gasteiger partial charge is 0.176 e. The third kappa shape index (κ3) is 2.56. The highest BCUT2D eigenvalue weighted by molar-refractivity contribution is 14.1. The number of halogens is 1. The largest absolute Gasteiger partial charge is 0.324 e. The van der Waals surface area contributed by atoms with E-state index in [1.807, 2.05) is 24.3 Å². The molecule has 2 aromatic rings. The molecule has 1 atom stereocenters. The summed E-state index contributed by atoms with van der Waals surface area (Å²) in [7, 11) is 1.74. The van der Waals surface area contributed by atoms with Crippen LogP contribution in [-0.2, 0) is 13.5 Å². The lowest BCUT2D eigenvalue weighted by atomic mass is 10.0. The molecular weight excluding hydrogens is 317 g/mol. The average molecular weight is 329 g/mol. The van der Waals surface area contributed by atoms with Crippen LogP contribution in [0.1, 0.15) is 17.4 Å². The maximum Gasteiger partial charge on any atom is 0.176 e. The topological polar surface area (TPSA) is 69.6 Å². The van der Waals surface area contributed by atoms with Crippen LogP contribution < -0.4 is 5.73 Å². The Bertz CT molecular complexity index is 482. The lowest BCUT2D eigenvalue weighted by Crippen LogP contribution is -2.15. The van der Waals surface area contributed by atoms with Crippen LogP contribution >= 0.6 is 22.6 Å². The minimum atomic E-state index is -0.0858. The van der Waals surface area contributed by atoms with Crippen LogP contribution in [0.15, 0.2) is 24.3 Å². The molecule has 2 rings (SSSR count). The van der Waals surface area contributed by atoms with Crippen molar-refractivity contribution in [1.82, 2.24) is 20.2 Å². The van der Waals surface area contributed by atoms with Crippen molar-refractivity contribution in [2.75, 3.05) is 0 Å². The van der Waals surface area contributed by atoms with Gasteiger partial charge in [-0.15, -0.1) is 10.2 Å². The van der Waals surface area contributed by atoms with Gasteiger partial charge in [0.25, 0.3) is 0 Å². The van der Waals surface area contributed by atoms with Crippen LogP contribution in [0.5, 0.6) is 0 Å². The van der Waals surface area contributed by atoms with Gasteiger partial charge in [-0.3, -0.25) is 0 Å². The molecule has 0 amide bonds. The number of hydrogen-bond acceptors (Lipinski definition) is 4. The Morgan fingerprint density at radius 1 is 1.44 bits per heavy atom. The van der Waals surface area contributed by atoms with Crippen molar-refractivity contribution in [1.29, 1.82) is 0 Å². The second-order valence-electron chi connectivity index (χ2n) is 3.53. The molecule has 0 radical (unpaired) electrons. The molecule has 0 aliphatic heterocycles. The number of nitrogens with two attached hydrogens (primary N) is 1. The molecule has 0 saturated carbocycles. The summed E-state index contributed by atoms with van der Waals surface area (Å²) < 4.78 is 1.16. The molecule has 1 aromatic carbocycles. The van der Waals surface area contributed by atoms with Crippen molar-refractivity contribution in [3.05, 3.63) is 39.2 Å². The Morgan fingerprint density at radius 2 is 2.19 bits per heavy atom. The summed E-state index contributed by atoms with van der Waals surface area (Å²) in [6.07, 6.45) is 0.605. The number of aryl methyl sites for hydroxylation is 1. The van der Waals surface area contributed by atoms with Gasteiger partial charge in [-0.1, -0.05) is 18.2 Å². The second kappa shape index (κ2) is 4.88. The van der Waals surface area contributed by atoms with E-state index in [1.54, 1.807) is 7.05 Å². The Morgan fingerprint density at radius 3 is 2.81 bits per heavy atom. The van der Waals surface area contributed by atoms with E-state index in [0.717, 1.165) is 9.13 Å². The minimum absolute atomic E-state index is 0.0858. The van der Waals surface area contributed by atoms with Crippen molar-refractivity contribution in [2.24, 2.45) is 12.8 Å². The van der Waals surface area contributed by atoms with E-state index in [0.29, 0.717) is 12.2 Å². The third-order valence-corrected chi connectivity index (χ3v) is 3.24. The lowest BCUT2D eigenvalue weighted by Gasteiger charge is -2.11. The fourth-order valence-corrected chi connectivity index (χ4v) is 2.27. The van der Waals surface area contributed by atoms with Gasteiger partial charge < -0.3 is 5.73 Å². The molecule has 16 heavy (non-hydrogen) atoms. The number of hydrogen-bond donors (Lipinski definition) is 1. The highest BCUT2D eigenvalue weighted by Crippen LogP contribution is 2.19. The van der Waals surface area contributed by atoms with Gasteiger partial charge in [0.2, 0.25) is 0 Å². The first-order valence-corrected chi connectivity index (χ1v) is 5.97. The average Bonchev–Trinajstić information content (AvgIpc) is 2.64. The first kappa shape index (κ1) is 11.5. The zero-order chi connectivity index (χ0) is 11.5. The number of tetrazole rings is 1. The molecule has 5 nitrogen and oxygen atoms in total. The van der Waals surface area contributed by atoms with Gasteiger partial charge in [0.1, 0.15) is 0 Å². The van der Waals surface area contributed by atoms with Crippen LogP contribution in [0, 0.1) is 3.57 Å². The highest BCUT2D eigenvalue weighted by atomic mass is 127. The number of nitrogens with zero attached hydrogens (tertiary/aromatic N) is 4. The molecule has 0 bridgehead atoms. The second-order valence-corrected chi connectivity index (χ2v) is 4.69. The van der Waals surface area contributed by atoms with E-state index in [4.69, 9.17) is 5.73 Å². The van der Waals surface area contributed by atoms with Gasteiger partial charge in [-0.05, 0) is 39.4 Å². The third-order valence-electron chi connectivity index (χ3n) is 2.26.